The highest BCUT2D eigenvalue weighted by Crippen LogP contribution is 2.27. The number of hydrogen-bond acceptors (Lipinski definition) is 4. The van der Waals surface area contributed by atoms with E-state index in [4.69, 9.17) is 11.5 Å². The van der Waals surface area contributed by atoms with E-state index in [2.05, 4.69) is 10.6 Å². The van der Waals surface area contributed by atoms with Crippen LogP contribution in [0.2, 0.25) is 0 Å². The van der Waals surface area contributed by atoms with E-state index in [0.717, 1.165) is 29.8 Å². The molecule has 32 heavy (non-hydrogen) atoms. The molecule has 0 atom stereocenters. The van der Waals surface area contributed by atoms with Gasteiger partial charge in [0.1, 0.15) is 0 Å². The third-order valence-electron chi connectivity index (χ3n) is 5.28. The molecule has 2 amide bonds. The molecule has 1 aliphatic carbocycles. The number of nitrogen functional groups attached to an aromatic ring is 2. The summed E-state index contributed by atoms with van der Waals surface area (Å²) in [6.07, 6.45) is 5.50. The lowest BCUT2D eigenvalue weighted by atomic mass is 9.95. The largest absolute Gasteiger partial charge is 0.399 e. The fourth-order valence-corrected chi connectivity index (χ4v) is 3.44. The van der Waals surface area contributed by atoms with Gasteiger partial charge in [-0.2, -0.15) is 0 Å². The zero-order valence-corrected chi connectivity index (χ0v) is 17.5. The number of nitrogens with two attached hydrogens (primary N) is 2. The third kappa shape index (κ3) is 5.05. The maximum absolute atomic E-state index is 12.4. The molecule has 4 rings (SSSR count). The number of hydrogen-bond donors (Lipinski definition) is 4. The first-order valence-corrected chi connectivity index (χ1v) is 10.3. The van der Waals surface area contributed by atoms with Crippen LogP contribution in [0.4, 0.5) is 17.1 Å². The van der Waals surface area contributed by atoms with Crippen molar-refractivity contribution in [1.82, 2.24) is 5.32 Å². The Morgan fingerprint density at radius 3 is 1.66 bits per heavy atom. The van der Waals surface area contributed by atoms with Crippen molar-refractivity contribution >= 4 is 34.4 Å². The van der Waals surface area contributed by atoms with Crippen LogP contribution >= 0.6 is 0 Å². The first-order valence-electron chi connectivity index (χ1n) is 10.3. The maximum Gasteiger partial charge on any atom is 0.255 e. The highest BCUT2D eigenvalue weighted by atomic mass is 16.2. The molecule has 0 aromatic heterocycles. The van der Waals surface area contributed by atoms with Crippen molar-refractivity contribution in [1.29, 1.82) is 0 Å². The zero-order chi connectivity index (χ0) is 22.5. The van der Waals surface area contributed by atoms with Crippen LogP contribution in [-0.4, -0.2) is 11.8 Å². The molecule has 0 unspecified atom stereocenters. The van der Waals surface area contributed by atoms with Gasteiger partial charge in [0.25, 0.3) is 11.8 Å². The number of carbonyl (C=O) groups excluding carboxylic acids is 2. The van der Waals surface area contributed by atoms with Gasteiger partial charge >= 0.3 is 0 Å². The molecule has 0 heterocycles. The lowest BCUT2D eigenvalue weighted by molar-refractivity contribution is 0.0963. The van der Waals surface area contributed by atoms with Crippen molar-refractivity contribution in [3.63, 3.8) is 0 Å². The highest BCUT2D eigenvalue weighted by Gasteiger charge is 2.13. The molecule has 160 valence electrons. The predicted octanol–water partition coefficient (Wildman–Crippen LogP) is 4.59. The number of anilines is 3. The Hall–Kier alpha value is -4.32. The van der Waals surface area contributed by atoms with E-state index >= 15 is 0 Å². The van der Waals surface area contributed by atoms with Crippen molar-refractivity contribution in [2.75, 3.05) is 16.8 Å². The molecule has 0 saturated carbocycles. The van der Waals surface area contributed by atoms with Crippen molar-refractivity contribution in [2.45, 2.75) is 12.8 Å². The van der Waals surface area contributed by atoms with Gasteiger partial charge in [0.05, 0.1) is 0 Å². The van der Waals surface area contributed by atoms with Crippen LogP contribution in [-0.2, 0) is 0 Å². The Balaban J connectivity index is 1.38. The fraction of sp³-hybridized carbons (Fsp3) is 0.0769. The van der Waals surface area contributed by atoms with Crippen LogP contribution in [0, 0.1) is 0 Å². The summed E-state index contributed by atoms with van der Waals surface area (Å²) >= 11 is 0. The first-order chi connectivity index (χ1) is 15.5. The minimum absolute atomic E-state index is 0.144. The number of carbonyl (C=O) groups is 2. The number of nitrogens with one attached hydrogen (secondary N) is 2. The minimum Gasteiger partial charge on any atom is -0.399 e. The summed E-state index contributed by atoms with van der Waals surface area (Å²) in [5.41, 5.74) is 17.6. The summed E-state index contributed by atoms with van der Waals surface area (Å²) in [7, 11) is 0. The molecular weight excluding hydrogens is 400 g/mol. The van der Waals surface area contributed by atoms with E-state index in [1.807, 2.05) is 36.4 Å². The molecule has 0 saturated heterocycles. The molecule has 6 nitrogen and oxygen atoms in total. The minimum atomic E-state index is -0.181. The molecule has 0 bridgehead atoms. The standard InChI is InChI=1S/C26H24N4O2/c27-21-9-1-19(2-10-21)25(31)29-23-13-5-17(6-14-23)18-7-15-24(16-8-18)30-26(32)20-3-11-22(28)12-4-20/h1-7,9-15H,8,16,27-28H2,(H,29,31)(H,30,32). The van der Waals surface area contributed by atoms with Gasteiger partial charge in [-0.3, -0.25) is 9.59 Å². The van der Waals surface area contributed by atoms with Gasteiger partial charge < -0.3 is 22.1 Å². The van der Waals surface area contributed by atoms with Crippen molar-refractivity contribution in [3.8, 4) is 0 Å². The van der Waals surface area contributed by atoms with Crippen molar-refractivity contribution < 1.29 is 9.59 Å². The Morgan fingerprint density at radius 1 is 0.625 bits per heavy atom. The third-order valence-corrected chi connectivity index (χ3v) is 5.28. The average Bonchev–Trinajstić information content (AvgIpc) is 2.81. The molecule has 1 aliphatic rings. The lowest BCUT2D eigenvalue weighted by Crippen LogP contribution is -2.23. The Kier molecular flexibility index (Phi) is 6.03. The van der Waals surface area contributed by atoms with E-state index in [-0.39, 0.29) is 11.8 Å². The number of rotatable bonds is 5. The smallest absolute Gasteiger partial charge is 0.255 e. The normalized spacial score (nSPS) is 13.0. The van der Waals surface area contributed by atoms with Crippen LogP contribution in [0.5, 0.6) is 0 Å². The lowest BCUT2D eigenvalue weighted by Gasteiger charge is -2.16. The Morgan fingerprint density at radius 2 is 1.16 bits per heavy atom. The monoisotopic (exact) mass is 424 g/mol. The fourth-order valence-electron chi connectivity index (χ4n) is 3.44. The number of benzene rings is 3. The topological polar surface area (TPSA) is 110 Å². The van der Waals surface area contributed by atoms with Gasteiger partial charge in [0.2, 0.25) is 0 Å². The van der Waals surface area contributed by atoms with E-state index in [9.17, 15) is 9.59 Å². The van der Waals surface area contributed by atoms with Crippen molar-refractivity contribution in [3.05, 3.63) is 107 Å². The second kappa shape index (κ2) is 9.22. The molecular formula is C26H24N4O2. The second-order valence-electron chi connectivity index (χ2n) is 7.61. The summed E-state index contributed by atoms with van der Waals surface area (Å²) in [5.74, 6) is -0.326. The molecule has 6 heteroatoms. The van der Waals surface area contributed by atoms with E-state index in [0.29, 0.717) is 22.5 Å². The zero-order valence-electron chi connectivity index (χ0n) is 17.5. The Labute approximate surface area is 186 Å². The van der Waals surface area contributed by atoms with Crippen LogP contribution in [0.1, 0.15) is 39.1 Å². The molecule has 3 aromatic carbocycles. The maximum atomic E-state index is 12.4. The molecule has 3 aromatic rings. The van der Waals surface area contributed by atoms with Crippen LogP contribution < -0.4 is 22.1 Å². The van der Waals surface area contributed by atoms with E-state index in [1.165, 1.54) is 5.57 Å². The summed E-state index contributed by atoms with van der Waals surface area (Å²) in [6, 6.07) is 21.4. The van der Waals surface area contributed by atoms with Gasteiger partial charge in [-0.15, -0.1) is 0 Å². The van der Waals surface area contributed by atoms with E-state index in [1.54, 1.807) is 48.5 Å². The number of amides is 2. The molecule has 0 spiro atoms. The Bertz CT molecular complexity index is 1190. The molecule has 6 N–H and O–H groups in total. The SMILES string of the molecule is Nc1ccc(C(=O)NC2=CC=C(c3ccc(NC(=O)c4ccc(N)cc4)cc3)CC2)cc1. The quantitative estimate of drug-likeness (QED) is 0.449. The first kappa shape index (κ1) is 20.9. The van der Waals surface area contributed by atoms with Gasteiger partial charge in [0.15, 0.2) is 0 Å². The van der Waals surface area contributed by atoms with Gasteiger partial charge in [-0.1, -0.05) is 18.2 Å². The average molecular weight is 425 g/mol. The molecule has 0 fully saturated rings. The van der Waals surface area contributed by atoms with Crippen molar-refractivity contribution in [2.24, 2.45) is 0 Å². The molecule has 0 radical (unpaired) electrons. The van der Waals surface area contributed by atoms with Crippen LogP contribution in [0.15, 0.2) is 90.6 Å². The second-order valence-corrected chi connectivity index (χ2v) is 7.61. The van der Waals surface area contributed by atoms with Crippen LogP contribution in [0.3, 0.4) is 0 Å². The summed E-state index contributed by atoms with van der Waals surface area (Å²) in [5, 5.41) is 5.85. The highest BCUT2D eigenvalue weighted by molar-refractivity contribution is 6.04. The van der Waals surface area contributed by atoms with Gasteiger partial charge in [0, 0.05) is 33.9 Å². The summed E-state index contributed by atoms with van der Waals surface area (Å²) in [6.45, 7) is 0. The van der Waals surface area contributed by atoms with Gasteiger partial charge in [-0.05, 0) is 90.7 Å². The van der Waals surface area contributed by atoms with E-state index < -0.39 is 0 Å². The summed E-state index contributed by atoms with van der Waals surface area (Å²) < 4.78 is 0. The van der Waals surface area contributed by atoms with Crippen LogP contribution in [0.25, 0.3) is 5.57 Å². The predicted molar refractivity (Wildman–Crippen MR) is 129 cm³/mol. The molecule has 0 aliphatic heterocycles. The van der Waals surface area contributed by atoms with Gasteiger partial charge in [-0.25, -0.2) is 0 Å². The summed E-state index contributed by atoms with van der Waals surface area (Å²) in [4.78, 5) is 24.7. The number of allylic oxidation sites excluding steroid dienone is 4.